The van der Waals surface area contributed by atoms with Crippen LogP contribution < -0.4 is 5.32 Å². The molecule has 20 heavy (non-hydrogen) atoms. The van der Waals surface area contributed by atoms with Crippen molar-refractivity contribution in [2.24, 2.45) is 0 Å². The fraction of sp³-hybridized carbons (Fsp3) is 0.294. The predicted octanol–water partition coefficient (Wildman–Crippen LogP) is 5.17. The summed E-state index contributed by atoms with van der Waals surface area (Å²) in [6, 6.07) is 15.1. The highest BCUT2D eigenvalue weighted by Gasteiger charge is 2.22. The highest BCUT2D eigenvalue weighted by molar-refractivity contribution is 9.10. The van der Waals surface area contributed by atoms with Crippen molar-refractivity contribution in [2.75, 3.05) is 0 Å². The average Bonchev–Trinajstić information content (AvgIpc) is 2.39. The van der Waals surface area contributed by atoms with Crippen molar-refractivity contribution in [3.8, 4) is 0 Å². The predicted molar refractivity (Wildman–Crippen MR) is 85.1 cm³/mol. The van der Waals surface area contributed by atoms with Crippen LogP contribution in [-0.2, 0) is 5.54 Å². The number of benzene rings is 2. The molecule has 106 valence electrons. The zero-order valence-corrected chi connectivity index (χ0v) is 13.5. The lowest BCUT2D eigenvalue weighted by atomic mass is 9.92. The normalized spacial score (nSPS) is 13.2. The molecule has 0 saturated carbocycles. The Morgan fingerprint density at radius 2 is 1.55 bits per heavy atom. The largest absolute Gasteiger partial charge is 0.301 e. The van der Waals surface area contributed by atoms with Crippen LogP contribution in [0, 0.1) is 5.82 Å². The second-order valence-electron chi connectivity index (χ2n) is 5.55. The summed E-state index contributed by atoms with van der Waals surface area (Å²) < 4.78 is 14.0. The lowest BCUT2D eigenvalue weighted by Crippen LogP contribution is -2.38. The summed E-state index contributed by atoms with van der Waals surface area (Å²) in [6.45, 7) is 6.39. The van der Waals surface area contributed by atoms with Crippen molar-refractivity contribution in [1.82, 2.24) is 5.32 Å². The van der Waals surface area contributed by atoms with Crippen molar-refractivity contribution < 1.29 is 4.39 Å². The third-order valence-electron chi connectivity index (χ3n) is 3.51. The van der Waals surface area contributed by atoms with Crippen LogP contribution in [-0.4, -0.2) is 0 Å². The maximum absolute atomic E-state index is 13.0. The summed E-state index contributed by atoms with van der Waals surface area (Å²) in [7, 11) is 0. The maximum atomic E-state index is 13.0. The third-order valence-corrected chi connectivity index (χ3v) is 4.04. The van der Waals surface area contributed by atoms with Crippen LogP contribution in [0.4, 0.5) is 4.39 Å². The summed E-state index contributed by atoms with van der Waals surface area (Å²) in [6.07, 6.45) is 0. The van der Waals surface area contributed by atoms with Crippen LogP contribution in [0.25, 0.3) is 0 Å². The van der Waals surface area contributed by atoms with E-state index in [0.29, 0.717) is 0 Å². The van der Waals surface area contributed by atoms with Crippen molar-refractivity contribution in [3.05, 3.63) is 69.9 Å². The van der Waals surface area contributed by atoms with Gasteiger partial charge in [-0.2, -0.15) is 0 Å². The van der Waals surface area contributed by atoms with Gasteiger partial charge in [0.2, 0.25) is 0 Å². The molecule has 0 aromatic heterocycles. The van der Waals surface area contributed by atoms with Crippen molar-refractivity contribution in [2.45, 2.75) is 32.4 Å². The van der Waals surface area contributed by atoms with Gasteiger partial charge in [0, 0.05) is 16.1 Å². The minimum Gasteiger partial charge on any atom is -0.301 e. The van der Waals surface area contributed by atoms with E-state index in [1.807, 2.05) is 24.3 Å². The van der Waals surface area contributed by atoms with Crippen LogP contribution in [0.1, 0.15) is 37.9 Å². The first-order valence-corrected chi connectivity index (χ1v) is 7.47. The highest BCUT2D eigenvalue weighted by atomic mass is 79.9. The Balaban J connectivity index is 2.14. The quantitative estimate of drug-likeness (QED) is 0.812. The summed E-state index contributed by atoms with van der Waals surface area (Å²) in [5.74, 6) is -0.201. The van der Waals surface area contributed by atoms with Gasteiger partial charge >= 0.3 is 0 Å². The lowest BCUT2D eigenvalue weighted by Gasteiger charge is -2.31. The third kappa shape index (κ3) is 3.68. The Hall–Kier alpha value is -1.19. The molecule has 0 amide bonds. The van der Waals surface area contributed by atoms with Crippen LogP contribution in [0.3, 0.4) is 0 Å². The Morgan fingerprint density at radius 1 is 1.00 bits per heavy atom. The van der Waals surface area contributed by atoms with Crippen LogP contribution in [0.2, 0.25) is 0 Å². The van der Waals surface area contributed by atoms with Gasteiger partial charge in [-0.25, -0.2) is 4.39 Å². The molecule has 0 fully saturated rings. The number of hydrogen-bond donors (Lipinski definition) is 1. The van der Waals surface area contributed by atoms with Gasteiger partial charge in [-0.1, -0.05) is 40.2 Å². The minimum absolute atomic E-state index is 0.147. The Kier molecular flexibility index (Phi) is 4.61. The Bertz CT molecular complexity index is 561. The van der Waals surface area contributed by atoms with E-state index in [2.05, 4.69) is 54.2 Å². The molecular weight excluding hydrogens is 317 g/mol. The molecule has 0 bridgehead atoms. The maximum Gasteiger partial charge on any atom is 0.123 e. The van der Waals surface area contributed by atoms with E-state index in [1.54, 1.807) is 0 Å². The first kappa shape index (κ1) is 15.2. The number of nitrogens with one attached hydrogen (secondary N) is 1. The molecule has 0 aliphatic carbocycles. The molecule has 0 radical (unpaired) electrons. The first-order chi connectivity index (χ1) is 9.38. The van der Waals surface area contributed by atoms with E-state index in [-0.39, 0.29) is 17.4 Å². The van der Waals surface area contributed by atoms with Gasteiger partial charge in [-0.3, -0.25) is 0 Å². The zero-order valence-electron chi connectivity index (χ0n) is 12.0. The van der Waals surface area contributed by atoms with E-state index in [1.165, 1.54) is 17.7 Å². The molecule has 3 heteroatoms. The fourth-order valence-corrected chi connectivity index (χ4v) is 2.59. The molecule has 0 heterocycles. The lowest BCUT2D eigenvalue weighted by molar-refractivity contribution is 0.357. The van der Waals surface area contributed by atoms with Gasteiger partial charge < -0.3 is 5.32 Å². The van der Waals surface area contributed by atoms with Gasteiger partial charge in [0.05, 0.1) is 0 Å². The van der Waals surface area contributed by atoms with E-state index in [4.69, 9.17) is 0 Å². The molecule has 1 N–H and O–H groups in total. The zero-order chi connectivity index (χ0) is 14.8. The monoisotopic (exact) mass is 335 g/mol. The average molecular weight is 336 g/mol. The number of hydrogen-bond acceptors (Lipinski definition) is 1. The summed E-state index contributed by atoms with van der Waals surface area (Å²) in [4.78, 5) is 0. The number of halogens is 2. The summed E-state index contributed by atoms with van der Waals surface area (Å²) in [5.41, 5.74) is 2.14. The number of rotatable bonds is 4. The standard InChI is InChI=1S/C17H19BrFN/c1-12(13-4-10-16(19)11-5-13)20-17(2,3)14-6-8-15(18)9-7-14/h4-12,20H,1-3H3. The van der Waals surface area contributed by atoms with E-state index < -0.39 is 0 Å². The smallest absolute Gasteiger partial charge is 0.123 e. The second-order valence-corrected chi connectivity index (χ2v) is 6.47. The van der Waals surface area contributed by atoms with Crippen molar-refractivity contribution >= 4 is 15.9 Å². The van der Waals surface area contributed by atoms with Gasteiger partial charge in [-0.05, 0) is 56.2 Å². The molecular formula is C17H19BrFN. The molecule has 2 rings (SSSR count). The second kappa shape index (κ2) is 6.06. The van der Waals surface area contributed by atoms with Gasteiger partial charge in [0.25, 0.3) is 0 Å². The van der Waals surface area contributed by atoms with Crippen LogP contribution in [0.15, 0.2) is 53.0 Å². The van der Waals surface area contributed by atoms with E-state index in [0.717, 1.165) is 10.0 Å². The van der Waals surface area contributed by atoms with E-state index >= 15 is 0 Å². The molecule has 2 aromatic rings. The fourth-order valence-electron chi connectivity index (χ4n) is 2.33. The van der Waals surface area contributed by atoms with Gasteiger partial charge in [0.1, 0.15) is 5.82 Å². The van der Waals surface area contributed by atoms with Crippen molar-refractivity contribution in [3.63, 3.8) is 0 Å². The molecule has 1 unspecified atom stereocenters. The molecule has 1 atom stereocenters. The topological polar surface area (TPSA) is 12.0 Å². The van der Waals surface area contributed by atoms with Gasteiger partial charge in [0.15, 0.2) is 0 Å². The molecule has 0 aliphatic heterocycles. The van der Waals surface area contributed by atoms with Crippen molar-refractivity contribution in [1.29, 1.82) is 0 Å². The molecule has 0 aliphatic rings. The van der Waals surface area contributed by atoms with Gasteiger partial charge in [-0.15, -0.1) is 0 Å². The molecule has 0 spiro atoms. The minimum atomic E-state index is -0.201. The molecule has 1 nitrogen and oxygen atoms in total. The molecule has 2 aromatic carbocycles. The summed E-state index contributed by atoms with van der Waals surface area (Å²) >= 11 is 3.45. The Morgan fingerprint density at radius 3 is 2.10 bits per heavy atom. The van der Waals surface area contributed by atoms with Crippen LogP contribution in [0.5, 0.6) is 0 Å². The van der Waals surface area contributed by atoms with E-state index in [9.17, 15) is 4.39 Å². The SMILES string of the molecule is CC(NC(C)(C)c1ccc(Br)cc1)c1ccc(F)cc1. The Labute approximate surface area is 128 Å². The van der Waals surface area contributed by atoms with Crippen LogP contribution >= 0.6 is 15.9 Å². The first-order valence-electron chi connectivity index (χ1n) is 6.68. The molecule has 0 saturated heterocycles. The highest BCUT2D eigenvalue weighted by Crippen LogP contribution is 2.26. The summed E-state index contributed by atoms with van der Waals surface area (Å²) in [5, 5.41) is 3.59.